The van der Waals surface area contributed by atoms with Crippen LogP contribution in [-0.2, 0) is 44.7 Å². The number of azide groups is 1. The van der Waals surface area contributed by atoms with E-state index in [0.29, 0.717) is 5.56 Å². The maximum atomic E-state index is 13.9. The van der Waals surface area contributed by atoms with Gasteiger partial charge in [0.15, 0.2) is 12.0 Å². The van der Waals surface area contributed by atoms with Crippen molar-refractivity contribution in [2.45, 2.75) is 89.6 Å². The lowest BCUT2D eigenvalue weighted by Gasteiger charge is -2.27. The van der Waals surface area contributed by atoms with Crippen molar-refractivity contribution in [3.63, 3.8) is 0 Å². The lowest BCUT2D eigenvalue weighted by Crippen LogP contribution is -2.59. The smallest absolute Gasteiger partial charge is 0.322 e. The van der Waals surface area contributed by atoms with Gasteiger partial charge in [-0.25, -0.2) is 0 Å². The quantitative estimate of drug-likeness (QED) is 0.0107. The molecular formula is C32H50N12O10. The second-order valence-corrected chi connectivity index (χ2v) is 12.6. The van der Waals surface area contributed by atoms with Gasteiger partial charge in [0.1, 0.15) is 49.1 Å². The molecule has 0 heterocycles. The van der Waals surface area contributed by atoms with E-state index < -0.39 is 90.9 Å². The van der Waals surface area contributed by atoms with Crippen molar-refractivity contribution in [3.8, 4) is 5.75 Å². The number of guanidine groups is 1. The van der Waals surface area contributed by atoms with Crippen LogP contribution in [0.3, 0.4) is 0 Å². The van der Waals surface area contributed by atoms with E-state index in [1.54, 1.807) is 13.8 Å². The molecule has 22 nitrogen and oxygen atoms in total. The zero-order chi connectivity index (χ0) is 41.0. The number of aromatic hydroxyl groups is 1. The number of aliphatic carboxylic acids is 1. The number of carboxylic acids is 1. The SMILES string of the molecule is CC(C)C[C@H](NC(=O)[C@H](COC(=O)[C@H](C)N)N=[N+]=[N-])C(=O)N[C@@H](Cc1ccc(O)cc1)C(=O)N[C@@H](CCCN=C(N)N)C(=O)N[C@@H](C)C(=O)NCC(=O)O. The van der Waals surface area contributed by atoms with Gasteiger partial charge in [-0.2, -0.15) is 0 Å². The molecule has 6 atom stereocenters. The topological polar surface area (TPSA) is 369 Å². The lowest BCUT2D eigenvalue weighted by atomic mass is 10.00. The normalized spacial score (nSPS) is 14.0. The van der Waals surface area contributed by atoms with Crippen LogP contribution in [0.1, 0.15) is 52.5 Å². The highest BCUT2D eigenvalue weighted by atomic mass is 16.5. The molecule has 0 saturated heterocycles. The molecule has 0 bridgehead atoms. The zero-order valence-corrected chi connectivity index (χ0v) is 30.5. The first-order valence-corrected chi connectivity index (χ1v) is 16.8. The number of aliphatic imine (C=N–C) groups is 1. The number of carbonyl (C=O) groups is 7. The molecule has 54 heavy (non-hydrogen) atoms. The van der Waals surface area contributed by atoms with Crippen molar-refractivity contribution in [2.24, 2.45) is 33.2 Å². The average Bonchev–Trinajstić information content (AvgIpc) is 3.09. The minimum Gasteiger partial charge on any atom is -0.508 e. The van der Waals surface area contributed by atoms with E-state index in [1.165, 1.54) is 38.1 Å². The summed E-state index contributed by atoms with van der Waals surface area (Å²) < 4.78 is 4.94. The number of amides is 5. The van der Waals surface area contributed by atoms with Gasteiger partial charge in [-0.05, 0) is 62.3 Å². The number of esters is 1. The monoisotopic (exact) mass is 762 g/mol. The maximum absolute atomic E-state index is 13.9. The van der Waals surface area contributed by atoms with Crippen LogP contribution >= 0.6 is 0 Å². The zero-order valence-electron chi connectivity index (χ0n) is 30.5. The number of rotatable bonds is 23. The van der Waals surface area contributed by atoms with Crippen molar-refractivity contribution in [2.75, 3.05) is 19.7 Å². The van der Waals surface area contributed by atoms with Crippen LogP contribution in [0.4, 0.5) is 0 Å². The molecule has 13 N–H and O–H groups in total. The van der Waals surface area contributed by atoms with Crippen LogP contribution in [0.25, 0.3) is 10.4 Å². The Bertz CT molecular complexity index is 1540. The standard InChI is InChI=1S/C32H50N12O10/c1-16(2)12-22(41-30(52)24(43-44-36)15-54-31(53)17(3)33)28(50)42-23(13-19-7-9-20(45)10-8-19)29(51)40-21(6-5-11-37-32(34)35)27(49)39-18(4)26(48)38-14-25(46)47/h7-10,16-18,21-24,45H,5-6,11-15,33H2,1-4H3,(H,38,48)(H,39,49)(H,40,51)(H,41,52)(H,42,50)(H,46,47)(H4,34,35,37)/t17-,18-,21-,22-,23-,24-/m0/s1. The number of benzene rings is 1. The second kappa shape index (κ2) is 23.4. The maximum Gasteiger partial charge on any atom is 0.322 e. The third-order valence-corrected chi connectivity index (χ3v) is 7.34. The van der Waals surface area contributed by atoms with E-state index in [0.717, 1.165) is 0 Å². The summed E-state index contributed by atoms with van der Waals surface area (Å²) in [5.41, 5.74) is 25.7. The fraction of sp³-hybridized carbons (Fsp3) is 0.562. The summed E-state index contributed by atoms with van der Waals surface area (Å²) in [6.07, 6.45) is 0.0215. The number of nitrogens with two attached hydrogens (primary N) is 3. The molecule has 1 aromatic rings. The molecule has 0 fully saturated rings. The van der Waals surface area contributed by atoms with Gasteiger partial charge in [0.2, 0.25) is 29.5 Å². The van der Waals surface area contributed by atoms with Crippen molar-refractivity contribution in [1.82, 2.24) is 26.6 Å². The van der Waals surface area contributed by atoms with Gasteiger partial charge in [0.25, 0.3) is 0 Å². The Morgan fingerprint density at radius 2 is 1.43 bits per heavy atom. The number of ether oxygens (including phenoxy) is 1. The van der Waals surface area contributed by atoms with Gasteiger partial charge in [-0.1, -0.05) is 31.1 Å². The van der Waals surface area contributed by atoms with Crippen molar-refractivity contribution in [3.05, 3.63) is 40.3 Å². The molecule has 0 aliphatic carbocycles. The Morgan fingerprint density at radius 1 is 0.852 bits per heavy atom. The predicted octanol–water partition coefficient (Wildman–Crippen LogP) is -2.24. The molecule has 298 valence electrons. The predicted molar refractivity (Wildman–Crippen MR) is 193 cm³/mol. The van der Waals surface area contributed by atoms with Gasteiger partial charge in [0.05, 0.1) is 0 Å². The number of carboxylic acid groups (broad SMARTS) is 1. The Kier molecular flexibility index (Phi) is 19.9. The lowest BCUT2D eigenvalue weighted by molar-refractivity contribution is -0.146. The van der Waals surface area contributed by atoms with E-state index in [9.17, 15) is 38.7 Å². The van der Waals surface area contributed by atoms with E-state index >= 15 is 0 Å². The van der Waals surface area contributed by atoms with Crippen molar-refractivity contribution in [1.29, 1.82) is 0 Å². The molecule has 5 amide bonds. The Hall–Kier alpha value is -6.15. The number of hydrogen-bond acceptors (Lipinski definition) is 12. The molecule has 22 heteroatoms. The number of carbonyl (C=O) groups excluding carboxylic acids is 6. The Labute approximate surface area is 311 Å². The first-order valence-electron chi connectivity index (χ1n) is 16.8. The minimum absolute atomic E-state index is 0.0436. The van der Waals surface area contributed by atoms with Crippen LogP contribution in [-0.4, -0.2) is 114 Å². The average molecular weight is 763 g/mol. The van der Waals surface area contributed by atoms with E-state index in [-0.39, 0.29) is 49.9 Å². The Morgan fingerprint density at radius 3 is 1.98 bits per heavy atom. The van der Waals surface area contributed by atoms with Crippen LogP contribution in [0.2, 0.25) is 0 Å². The number of nitrogens with zero attached hydrogens (tertiary/aromatic N) is 4. The molecule has 0 saturated carbocycles. The molecule has 0 aliphatic rings. The van der Waals surface area contributed by atoms with Crippen molar-refractivity contribution < 1.29 is 48.5 Å². The fourth-order valence-electron chi connectivity index (χ4n) is 4.58. The molecule has 0 radical (unpaired) electrons. The molecule has 0 aliphatic heterocycles. The molecule has 0 aromatic heterocycles. The van der Waals surface area contributed by atoms with E-state index in [1.807, 2.05) is 0 Å². The summed E-state index contributed by atoms with van der Waals surface area (Å²) in [6, 6.07) is -2.07. The summed E-state index contributed by atoms with van der Waals surface area (Å²) in [5.74, 6) is -6.89. The van der Waals surface area contributed by atoms with Gasteiger partial charge >= 0.3 is 11.9 Å². The molecule has 1 rings (SSSR count). The van der Waals surface area contributed by atoms with Gasteiger partial charge < -0.3 is 58.7 Å². The number of hydrogen-bond donors (Lipinski definition) is 10. The van der Waals surface area contributed by atoms with E-state index in [2.05, 4.69) is 41.6 Å². The van der Waals surface area contributed by atoms with Crippen molar-refractivity contribution >= 4 is 47.4 Å². The summed E-state index contributed by atoms with van der Waals surface area (Å²) >= 11 is 0. The molecule has 1 aromatic carbocycles. The number of phenols is 1. The molecule has 0 unspecified atom stereocenters. The first-order chi connectivity index (χ1) is 25.3. The highest BCUT2D eigenvalue weighted by Crippen LogP contribution is 2.13. The minimum atomic E-state index is -1.57. The highest BCUT2D eigenvalue weighted by Gasteiger charge is 2.32. The fourth-order valence-corrected chi connectivity index (χ4v) is 4.58. The summed E-state index contributed by atoms with van der Waals surface area (Å²) in [4.78, 5) is 95.7. The molecule has 0 spiro atoms. The van der Waals surface area contributed by atoms with Gasteiger partial charge in [0, 0.05) is 17.9 Å². The summed E-state index contributed by atoms with van der Waals surface area (Å²) in [5, 5.41) is 34.2. The Balaban J connectivity index is 3.40. The highest BCUT2D eigenvalue weighted by molar-refractivity contribution is 5.96. The number of phenolic OH excluding ortho intramolecular Hbond substituents is 1. The van der Waals surface area contributed by atoms with Crippen LogP contribution in [0, 0.1) is 5.92 Å². The molecular weight excluding hydrogens is 712 g/mol. The van der Waals surface area contributed by atoms with Gasteiger partial charge in [-0.3, -0.25) is 38.6 Å². The van der Waals surface area contributed by atoms with Crippen LogP contribution in [0.5, 0.6) is 5.75 Å². The summed E-state index contributed by atoms with van der Waals surface area (Å²) in [6.45, 7) is 4.89. The van der Waals surface area contributed by atoms with Gasteiger partial charge in [-0.15, -0.1) is 0 Å². The third-order valence-electron chi connectivity index (χ3n) is 7.34. The van der Waals surface area contributed by atoms with Crippen LogP contribution < -0.4 is 43.8 Å². The largest absolute Gasteiger partial charge is 0.508 e. The first kappa shape index (κ1) is 45.9. The second-order valence-electron chi connectivity index (χ2n) is 12.6. The number of nitrogens with one attached hydrogen (secondary N) is 5. The van der Waals surface area contributed by atoms with E-state index in [4.69, 9.17) is 32.6 Å². The van der Waals surface area contributed by atoms with Crippen LogP contribution in [0.15, 0.2) is 34.4 Å². The third kappa shape index (κ3) is 17.9. The summed E-state index contributed by atoms with van der Waals surface area (Å²) in [7, 11) is 0.